The highest BCUT2D eigenvalue weighted by Gasteiger charge is 2.06. The van der Waals surface area contributed by atoms with Crippen LogP contribution in [0.25, 0.3) is 0 Å². The second kappa shape index (κ2) is 7.88. The molecule has 1 N–H and O–H groups in total. The highest BCUT2D eigenvalue weighted by molar-refractivity contribution is 14.1. The van der Waals surface area contributed by atoms with Crippen molar-refractivity contribution in [3.63, 3.8) is 0 Å². The molecule has 0 spiro atoms. The van der Waals surface area contributed by atoms with E-state index in [1.165, 1.54) is 12.1 Å². The molecule has 0 saturated heterocycles. The summed E-state index contributed by atoms with van der Waals surface area (Å²) in [6.07, 6.45) is 0. The Labute approximate surface area is 141 Å². The van der Waals surface area contributed by atoms with Crippen LogP contribution >= 0.6 is 22.6 Å². The molecule has 0 atom stereocenters. The first-order valence-corrected chi connectivity index (χ1v) is 7.60. The molecule has 0 aliphatic heterocycles. The summed E-state index contributed by atoms with van der Waals surface area (Å²) in [5, 5.41) is 4.00. The third-order valence-electron chi connectivity index (χ3n) is 2.81. The molecular weight excluding hydrogens is 398 g/mol. The van der Waals surface area contributed by atoms with Gasteiger partial charge in [0.25, 0.3) is 5.91 Å². The van der Waals surface area contributed by atoms with Gasteiger partial charge in [-0.15, -0.1) is 0 Å². The first-order valence-electron chi connectivity index (χ1n) is 6.52. The zero-order chi connectivity index (χ0) is 15.9. The van der Waals surface area contributed by atoms with Gasteiger partial charge in [-0.2, -0.15) is 5.10 Å². The molecule has 0 unspecified atom stereocenters. The fraction of sp³-hybridized carbons (Fsp3) is 0.125. The minimum absolute atomic E-state index is 0.0380. The van der Waals surface area contributed by atoms with Crippen molar-refractivity contribution in [3.05, 3.63) is 63.5 Å². The number of nitrogens with one attached hydrogen (secondary N) is 1. The number of carbonyl (C=O) groups is 1. The number of hydrogen-bond donors (Lipinski definition) is 1. The van der Waals surface area contributed by atoms with E-state index in [0.717, 1.165) is 9.13 Å². The molecular formula is C16H14FIN2O2. The van der Waals surface area contributed by atoms with E-state index in [-0.39, 0.29) is 12.4 Å². The van der Waals surface area contributed by atoms with Crippen LogP contribution in [0.1, 0.15) is 12.5 Å². The zero-order valence-corrected chi connectivity index (χ0v) is 14.0. The maximum absolute atomic E-state index is 13.3. The lowest BCUT2D eigenvalue weighted by molar-refractivity contribution is -0.123. The number of nitrogens with zero attached hydrogens (tertiary/aromatic N) is 1. The van der Waals surface area contributed by atoms with Gasteiger partial charge in [-0.3, -0.25) is 4.79 Å². The Morgan fingerprint density at radius 1 is 1.23 bits per heavy atom. The molecule has 0 aliphatic carbocycles. The van der Waals surface area contributed by atoms with Crippen LogP contribution in [-0.4, -0.2) is 18.2 Å². The van der Waals surface area contributed by atoms with Gasteiger partial charge < -0.3 is 4.74 Å². The van der Waals surface area contributed by atoms with Crippen LogP contribution in [0.2, 0.25) is 0 Å². The van der Waals surface area contributed by atoms with Crippen LogP contribution in [0.15, 0.2) is 53.6 Å². The van der Waals surface area contributed by atoms with Gasteiger partial charge in [0.2, 0.25) is 0 Å². The summed E-state index contributed by atoms with van der Waals surface area (Å²) >= 11 is 2.21. The van der Waals surface area contributed by atoms with Crippen molar-refractivity contribution in [2.75, 3.05) is 6.61 Å². The summed E-state index contributed by atoms with van der Waals surface area (Å²) in [6, 6.07) is 13.7. The Hall–Kier alpha value is -1.96. The molecule has 0 fully saturated rings. The lowest BCUT2D eigenvalue weighted by Gasteiger charge is -2.06. The van der Waals surface area contributed by atoms with Gasteiger partial charge >= 0.3 is 0 Å². The first kappa shape index (κ1) is 16.4. The topological polar surface area (TPSA) is 50.7 Å². The molecule has 0 heterocycles. The number of carbonyl (C=O) groups excluding carboxylic acids is 1. The molecule has 0 radical (unpaired) electrons. The molecule has 114 valence electrons. The van der Waals surface area contributed by atoms with E-state index < -0.39 is 11.7 Å². The quantitative estimate of drug-likeness (QED) is 0.465. The number of amides is 1. The standard InChI is InChI=1S/C16H14FIN2O2/c1-11(12-6-8-13(18)9-7-12)19-20-16(21)10-22-15-5-3-2-4-14(15)17/h2-9H,10H2,1H3,(H,20,21)/b19-11-. The van der Waals surface area contributed by atoms with Crippen molar-refractivity contribution >= 4 is 34.2 Å². The molecule has 6 heteroatoms. The minimum atomic E-state index is -0.506. The van der Waals surface area contributed by atoms with Crippen LogP contribution in [0, 0.1) is 9.39 Å². The summed E-state index contributed by atoms with van der Waals surface area (Å²) in [5.41, 5.74) is 3.97. The number of rotatable bonds is 5. The van der Waals surface area contributed by atoms with Gasteiger partial charge in [0.15, 0.2) is 18.2 Å². The van der Waals surface area contributed by atoms with E-state index in [4.69, 9.17) is 4.74 Å². The van der Waals surface area contributed by atoms with Crippen molar-refractivity contribution in [1.82, 2.24) is 5.43 Å². The maximum Gasteiger partial charge on any atom is 0.277 e. The predicted octanol–water partition coefficient (Wildman–Crippen LogP) is 3.35. The normalized spacial score (nSPS) is 11.1. The van der Waals surface area contributed by atoms with E-state index in [1.807, 2.05) is 24.3 Å². The Morgan fingerprint density at radius 2 is 1.91 bits per heavy atom. The van der Waals surface area contributed by atoms with E-state index in [2.05, 4.69) is 33.1 Å². The van der Waals surface area contributed by atoms with Gasteiger partial charge in [0, 0.05) is 3.57 Å². The summed E-state index contributed by atoms with van der Waals surface area (Å²) in [7, 11) is 0. The average Bonchev–Trinajstić information content (AvgIpc) is 2.52. The van der Waals surface area contributed by atoms with Gasteiger partial charge in [-0.05, 0) is 59.3 Å². The van der Waals surface area contributed by atoms with Gasteiger partial charge in [-0.25, -0.2) is 9.82 Å². The molecule has 2 aromatic carbocycles. The highest BCUT2D eigenvalue weighted by atomic mass is 127. The van der Waals surface area contributed by atoms with Gasteiger partial charge in [0.05, 0.1) is 5.71 Å². The molecule has 0 aromatic heterocycles. The second-order valence-electron chi connectivity index (χ2n) is 4.46. The molecule has 22 heavy (non-hydrogen) atoms. The van der Waals surface area contributed by atoms with Crippen LogP contribution in [0.4, 0.5) is 4.39 Å². The average molecular weight is 412 g/mol. The smallest absolute Gasteiger partial charge is 0.277 e. The van der Waals surface area contributed by atoms with Crippen molar-refractivity contribution in [1.29, 1.82) is 0 Å². The van der Waals surface area contributed by atoms with Gasteiger partial charge in [0.1, 0.15) is 0 Å². The highest BCUT2D eigenvalue weighted by Crippen LogP contribution is 2.14. The Balaban J connectivity index is 1.88. The number of benzene rings is 2. The first-order chi connectivity index (χ1) is 10.6. The Morgan fingerprint density at radius 3 is 2.59 bits per heavy atom. The fourth-order valence-corrected chi connectivity index (χ4v) is 2.00. The predicted molar refractivity (Wildman–Crippen MR) is 91.4 cm³/mol. The van der Waals surface area contributed by atoms with E-state index in [1.54, 1.807) is 19.1 Å². The van der Waals surface area contributed by atoms with Crippen LogP contribution in [0.5, 0.6) is 5.75 Å². The second-order valence-corrected chi connectivity index (χ2v) is 5.70. The van der Waals surface area contributed by atoms with Crippen molar-refractivity contribution in [2.24, 2.45) is 5.10 Å². The summed E-state index contributed by atoms with van der Waals surface area (Å²) in [5.74, 6) is -0.919. The van der Waals surface area contributed by atoms with E-state index in [9.17, 15) is 9.18 Å². The third-order valence-corrected chi connectivity index (χ3v) is 3.52. The third kappa shape index (κ3) is 4.80. The summed E-state index contributed by atoms with van der Waals surface area (Å²) in [4.78, 5) is 11.7. The molecule has 4 nitrogen and oxygen atoms in total. The van der Waals surface area contributed by atoms with Crippen LogP contribution in [-0.2, 0) is 4.79 Å². The van der Waals surface area contributed by atoms with Crippen molar-refractivity contribution < 1.29 is 13.9 Å². The maximum atomic E-state index is 13.3. The minimum Gasteiger partial charge on any atom is -0.481 e. The number of halogens is 2. The Kier molecular flexibility index (Phi) is 5.88. The lowest BCUT2D eigenvalue weighted by atomic mass is 10.1. The SMILES string of the molecule is C/C(=N/NC(=O)COc1ccccc1F)c1ccc(I)cc1. The number of hydrazone groups is 1. The zero-order valence-electron chi connectivity index (χ0n) is 11.8. The lowest BCUT2D eigenvalue weighted by Crippen LogP contribution is -2.25. The van der Waals surface area contributed by atoms with Crippen LogP contribution < -0.4 is 10.2 Å². The molecule has 0 aliphatic rings. The molecule has 0 saturated carbocycles. The van der Waals surface area contributed by atoms with Crippen molar-refractivity contribution in [2.45, 2.75) is 6.92 Å². The Bertz CT molecular complexity index is 687. The summed E-state index contributed by atoms with van der Waals surface area (Å²) in [6.45, 7) is 1.49. The largest absolute Gasteiger partial charge is 0.481 e. The monoisotopic (exact) mass is 412 g/mol. The molecule has 1 amide bonds. The fourth-order valence-electron chi connectivity index (χ4n) is 1.64. The van der Waals surface area contributed by atoms with E-state index in [0.29, 0.717) is 5.71 Å². The summed E-state index contributed by atoms with van der Waals surface area (Å²) < 4.78 is 19.5. The number of hydrogen-bond acceptors (Lipinski definition) is 3. The molecule has 0 bridgehead atoms. The van der Waals surface area contributed by atoms with Gasteiger partial charge in [-0.1, -0.05) is 24.3 Å². The van der Waals surface area contributed by atoms with Crippen molar-refractivity contribution in [3.8, 4) is 5.75 Å². The number of ether oxygens (including phenoxy) is 1. The van der Waals surface area contributed by atoms with Crippen LogP contribution in [0.3, 0.4) is 0 Å². The molecule has 2 aromatic rings. The van der Waals surface area contributed by atoms with E-state index >= 15 is 0 Å². The number of para-hydroxylation sites is 1. The molecule has 2 rings (SSSR count).